The normalized spacial score (nSPS) is 15.6. The summed E-state index contributed by atoms with van der Waals surface area (Å²) in [5.41, 5.74) is 8.18. The van der Waals surface area contributed by atoms with E-state index in [2.05, 4.69) is 11.2 Å². The highest BCUT2D eigenvalue weighted by Crippen LogP contribution is 2.35. The Labute approximate surface area is 129 Å². The Hall–Kier alpha value is -2.35. The van der Waals surface area contributed by atoms with Gasteiger partial charge < -0.3 is 5.73 Å². The van der Waals surface area contributed by atoms with Crippen LogP contribution in [0.5, 0.6) is 0 Å². The number of nitrogen functional groups attached to an aromatic ring is 1. The fraction of sp³-hybridized carbons (Fsp3) is 0.412. The molecule has 5 heteroatoms. The number of anilines is 1. The lowest BCUT2D eigenvalue weighted by molar-refractivity contribution is 0.432. The van der Waals surface area contributed by atoms with Crippen molar-refractivity contribution in [2.24, 2.45) is 0 Å². The highest BCUT2D eigenvalue weighted by Gasteiger charge is 2.25. The second-order valence-corrected chi connectivity index (χ2v) is 5.88. The number of nitrogens with two attached hydrogens (primary N) is 1. The first-order valence-electron chi connectivity index (χ1n) is 7.69. The molecule has 3 rings (SSSR count). The van der Waals surface area contributed by atoms with Crippen molar-refractivity contribution < 1.29 is 4.39 Å². The Morgan fingerprint density at radius 3 is 2.77 bits per heavy atom. The second-order valence-electron chi connectivity index (χ2n) is 5.88. The summed E-state index contributed by atoms with van der Waals surface area (Å²) in [5, 5.41) is 14.0. The topological polar surface area (TPSA) is 67.6 Å². The van der Waals surface area contributed by atoms with E-state index < -0.39 is 0 Å². The standard InChI is InChI=1S/C17H19FN4/c18-14-8-4-5-12(9-14)11-22-17(20)15(10-19)16(21-22)13-6-2-1-3-7-13/h4-5,8-9,13H,1-3,6-7,11,20H2. The monoisotopic (exact) mass is 298 g/mol. The molecule has 22 heavy (non-hydrogen) atoms. The summed E-state index contributed by atoms with van der Waals surface area (Å²) in [5.74, 6) is 0.419. The van der Waals surface area contributed by atoms with Crippen molar-refractivity contribution in [1.29, 1.82) is 5.26 Å². The minimum atomic E-state index is -0.281. The summed E-state index contributed by atoms with van der Waals surface area (Å²) in [7, 11) is 0. The molecule has 1 fully saturated rings. The van der Waals surface area contributed by atoms with Gasteiger partial charge in [0.25, 0.3) is 0 Å². The first-order chi connectivity index (χ1) is 10.7. The predicted octanol–water partition coefficient (Wildman–Crippen LogP) is 3.57. The Morgan fingerprint density at radius 1 is 1.32 bits per heavy atom. The molecule has 0 unspecified atom stereocenters. The van der Waals surface area contributed by atoms with E-state index in [0.717, 1.165) is 24.1 Å². The maximum absolute atomic E-state index is 13.3. The molecule has 1 aliphatic carbocycles. The zero-order valence-corrected chi connectivity index (χ0v) is 12.4. The van der Waals surface area contributed by atoms with Gasteiger partial charge in [0.1, 0.15) is 23.3 Å². The third-order valence-corrected chi connectivity index (χ3v) is 4.34. The van der Waals surface area contributed by atoms with Crippen LogP contribution in [0.1, 0.15) is 54.8 Å². The van der Waals surface area contributed by atoms with E-state index in [1.807, 2.05) is 6.07 Å². The summed E-state index contributed by atoms with van der Waals surface area (Å²) in [6, 6.07) is 8.56. The van der Waals surface area contributed by atoms with Crippen molar-refractivity contribution in [1.82, 2.24) is 9.78 Å². The van der Waals surface area contributed by atoms with Crippen LogP contribution in [0.4, 0.5) is 10.2 Å². The van der Waals surface area contributed by atoms with Gasteiger partial charge in [-0.15, -0.1) is 0 Å². The molecular formula is C17H19FN4. The molecular weight excluding hydrogens is 279 g/mol. The summed E-state index contributed by atoms with van der Waals surface area (Å²) in [4.78, 5) is 0. The minimum Gasteiger partial charge on any atom is -0.383 e. The van der Waals surface area contributed by atoms with Gasteiger partial charge in [0.05, 0.1) is 12.2 Å². The van der Waals surface area contributed by atoms with E-state index in [-0.39, 0.29) is 5.82 Å². The van der Waals surface area contributed by atoms with E-state index >= 15 is 0 Å². The third-order valence-electron chi connectivity index (χ3n) is 4.34. The molecule has 0 amide bonds. The van der Waals surface area contributed by atoms with Crippen LogP contribution >= 0.6 is 0 Å². The van der Waals surface area contributed by atoms with E-state index in [1.165, 1.54) is 31.4 Å². The summed E-state index contributed by atoms with van der Waals surface area (Å²) in [6.45, 7) is 0.380. The van der Waals surface area contributed by atoms with Crippen LogP contribution in [0, 0.1) is 17.1 Å². The number of rotatable bonds is 3. The van der Waals surface area contributed by atoms with Crippen molar-refractivity contribution >= 4 is 5.82 Å². The number of hydrogen-bond donors (Lipinski definition) is 1. The van der Waals surface area contributed by atoms with Crippen LogP contribution in [0.25, 0.3) is 0 Å². The fourth-order valence-electron chi connectivity index (χ4n) is 3.20. The Morgan fingerprint density at radius 2 is 2.09 bits per heavy atom. The Balaban J connectivity index is 1.92. The summed E-state index contributed by atoms with van der Waals surface area (Å²) < 4.78 is 14.9. The number of nitriles is 1. The van der Waals surface area contributed by atoms with Crippen molar-refractivity contribution in [2.45, 2.75) is 44.6 Å². The zero-order valence-electron chi connectivity index (χ0n) is 12.4. The second kappa shape index (κ2) is 6.18. The van der Waals surface area contributed by atoms with Gasteiger partial charge in [-0.1, -0.05) is 31.4 Å². The van der Waals surface area contributed by atoms with Crippen molar-refractivity contribution in [3.8, 4) is 6.07 Å². The summed E-state index contributed by atoms with van der Waals surface area (Å²) >= 11 is 0. The first-order valence-corrected chi connectivity index (χ1v) is 7.69. The summed E-state index contributed by atoms with van der Waals surface area (Å²) in [6.07, 6.45) is 5.71. The molecule has 1 saturated carbocycles. The largest absolute Gasteiger partial charge is 0.383 e. The van der Waals surface area contributed by atoms with E-state index in [1.54, 1.807) is 10.7 Å². The molecule has 0 spiro atoms. The van der Waals surface area contributed by atoms with Crippen LogP contribution in [-0.4, -0.2) is 9.78 Å². The average Bonchev–Trinajstić information content (AvgIpc) is 2.84. The third kappa shape index (κ3) is 2.82. The molecule has 1 heterocycles. The van der Waals surface area contributed by atoms with Gasteiger partial charge in [-0.05, 0) is 30.5 Å². The van der Waals surface area contributed by atoms with Crippen LogP contribution in [0.3, 0.4) is 0 Å². The maximum Gasteiger partial charge on any atom is 0.140 e. The van der Waals surface area contributed by atoms with Gasteiger partial charge in [0.2, 0.25) is 0 Å². The molecule has 1 aromatic heterocycles. The highest BCUT2D eigenvalue weighted by molar-refractivity contribution is 5.53. The molecule has 0 atom stereocenters. The van der Waals surface area contributed by atoms with Crippen LogP contribution in [0.15, 0.2) is 24.3 Å². The quantitative estimate of drug-likeness (QED) is 0.941. The molecule has 0 radical (unpaired) electrons. The fourth-order valence-corrected chi connectivity index (χ4v) is 3.20. The molecule has 1 aliphatic rings. The Kier molecular flexibility index (Phi) is 4.10. The number of halogens is 1. The van der Waals surface area contributed by atoms with Gasteiger partial charge in [-0.3, -0.25) is 0 Å². The van der Waals surface area contributed by atoms with Gasteiger partial charge in [0.15, 0.2) is 0 Å². The van der Waals surface area contributed by atoms with Crippen molar-refractivity contribution in [3.05, 3.63) is 46.9 Å². The van der Waals surface area contributed by atoms with Crippen molar-refractivity contribution in [3.63, 3.8) is 0 Å². The van der Waals surface area contributed by atoms with E-state index in [9.17, 15) is 9.65 Å². The lowest BCUT2D eigenvalue weighted by Crippen LogP contribution is -2.08. The average molecular weight is 298 g/mol. The first kappa shape index (κ1) is 14.6. The molecule has 4 nitrogen and oxygen atoms in total. The van der Waals surface area contributed by atoms with Crippen LogP contribution in [-0.2, 0) is 6.54 Å². The number of benzene rings is 1. The van der Waals surface area contributed by atoms with Gasteiger partial charge in [0, 0.05) is 5.92 Å². The van der Waals surface area contributed by atoms with Gasteiger partial charge >= 0.3 is 0 Å². The minimum absolute atomic E-state index is 0.281. The molecule has 0 aliphatic heterocycles. The van der Waals surface area contributed by atoms with Gasteiger partial charge in [-0.25, -0.2) is 9.07 Å². The molecule has 1 aromatic carbocycles. The number of nitrogens with zero attached hydrogens (tertiary/aromatic N) is 3. The molecule has 0 saturated heterocycles. The van der Waals surface area contributed by atoms with Crippen LogP contribution < -0.4 is 5.73 Å². The van der Waals surface area contributed by atoms with Crippen molar-refractivity contribution in [2.75, 3.05) is 5.73 Å². The van der Waals surface area contributed by atoms with Crippen LogP contribution in [0.2, 0.25) is 0 Å². The van der Waals surface area contributed by atoms with Gasteiger partial charge in [-0.2, -0.15) is 10.4 Å². The lowest BCUT2D eigenvalue weighted by atomic mass is 9.85. The highest BCUT2D eigenvalue weighted by atomic mass is 19.1. The van der Waals surface area contributed by atoms with E-state index in [0.29, 0.717) is 23.8 Å². The Bertz CT molecular complexity index is 708. The smallest absolute Gasteiger partial charge is 0.140 e. The zero-order chi connectivity index (χ0) is 15.5. The number of aromatic nitrogens is 2. The molecule has 0 bridgehead atoms. The number of hydrogen-bond acceptors (Lipinski definition) is 3. The molecule has 2 N–H and O–H groups in total. The van der Waals surface area contributed by atoms with E-state index in [4.69, 9.17) is 5.73 Å². The predicted molar refractivity (Wildman–Crippen MR) is 82.7 cm³/mol. The molecule has 2 aromatic rings. The lowest BCUT2D eigenvalue weighted by Gasteiger charge is -2.19. The maximum atomic E-state index is 13.3. The SMILES string of the molecule is N#Cc1c(C2CCCCC2)nn(Cc2cccc(F)c2)c1N. The molecule has 114 valence electrons.